The van der Waals surface area contributed by atoms with Gasteiger partial charge in [-0.15, -0.1) is 0 Å². The van der Waals surface area contributed by atoms with Crippen molar-refractivity contribution in [2.75, 3.05) is 0 Å². The van der Waals surface area contributed by atoms with Crippen LogP contribution in [0.25, 0.3) is 0 Å². The van der Waals surface area contributed by atoms with Crippen LogP contribution in [0.2, 0.25) is 0 Å². The van der Waals surface area contributed by atoms with Crippen molar-refractivity contribution in [1.29, 1.82) is 0 Å². The number of ketones is 1. The number of esters is 2. The highest BCUT2D eigenvalue weighted by Gasteiger charge is 2.74. The zero-order chi connectivity index (χ0) is 18.0. The van der Waals surface area contributed by atoms with Crippen molar-refractivity contribution in [3.63, 3.8) is 0 Å². The van der Waals surface area contributed by atoms with Gasteiger partial charge in [0.25, 0.3) is 0 Å². The molecule has 4 bridgehead atoms. The van der Waals surface area contributed by atoms with Gasteiger partial charge in [0.2, 0.25) is 0 Å². The van der Waals surface area contributed by atoms with Crippen molar-refractivity contribution in [2.24, 2.45) is 29.1 Å². The Labute approximate surface area is 142 Å². The lowest BCUT2D eigenvalue weighted by atomic mass is 9.56. The molecule has 0 heterocycles. The summed E-state index contributed by atoms with van der Waals surface area (Å²) >= 11 is 0. The summed E-state index contributed by atoms with van der Waals surface area (Å²) in [7, 11) is 0. The maximum absolute atomic E-state index is 12.9. The minimum Gasteiger partial charge on any atom is -0.457 e. The summed E-state index contributed by atoms with van der Waals surface area (Å²) in [5.74, 6) is -0.733. The number of hydrogen-bond acceptors (Lipinski definition) is 5. The average Bonchev–Trinajstić information content (AvgIpc) is 2.53. The molecule has 1 unspecified atom stereocenters. The number of Topliss-reactive ketones (excluding diaryl/α,β-unsaturated/α-hetero) is 1. The smallest absolute Gasteiger partial charge is 0.303 e. The molecule has 0 radical (unpaired) electrons. The van der Waals surface area contributed by atoms with Crippen molar-refractivity contribution in [1.82, 2.24) is 0 Å². The van der Waals surface area contributed by atoms with E-state index in [4.69, 9.17) is 9.47 Å². The molecule has 0 saturated heterocycles. The number of carbonyl (C=O) groups is 3. The van der Waals surface area contributed by atoms with E-state index in [9.17, 15) is 14.4 Å². The number of rotatable bonds is 2. The molecule has 5 nitrogen and oxygen atoms in total. The molecule has 24 heavy (non-hydrogen) atoms. The van der Waals surface area contributed by atoms with Gasteiger partial charge in [0.05, 0.1) is 5.92 Å². The fraction of sp³-hybridized carbons (Fsp3) is 0.737. The van der Waals surface area contributed by atoms with Gasteiger partial charge in [-0.2, -0.15) is 0 Å². The molecule has 0 aromatic rings. The van der Waals surface area contributed by atoms with Gasteiger partial charge in [-0.05, 0) is 30.8 Å². The second-order valence-corrected chi connectivity index (χ2v) is 8.32. The molecule has 3 rings (SSSR count). The van der Waals surface area contributed by atoms with Gasteiger partial charge < -0.3 is 9.47 Å². The fourth-order valence-electron chi connectivity index (χ4n) is 5.83. The standard InChI is InChI=1S/C19H26O5/c1-9-7-13(22)15-16-14(9)10(2)8-19(15,24-12(4)21)17(18(16,5)6)23-11(3)20/h8-9,14-17H,7H2,1-6H3/t9-,14-,15-,16+,17+,19?/m1/s1. The summed E-state index contributed by atoms with van der Waals surface area (Å²) in [5.41, 5.74) is -0.515. The Kier molecular flexibility index (Phi) is 3.70. The summed E-state index contributed by atoms with van der Waals surface area (Å²) in [4.78, 5) is 36.6. The van der Waals surface area contributed by atoms with Gasteiger partial charge in [-0.1, -0.05) is 26.3 Å². The Bertz CT molecular complexity index is 646. The molecule has 132 valence electrons. The van der Waals surface area contributed by atoms with E-state index >= 15 is 0 Å². The van der Waals surface area contributed by atoms with Crippen molar-refractivity contribution >= 4 is 17.7 Å². The number of carbonyl (C=O) groups excluding carboxylic acids is 3. The molecule has 3 aliphatic rings. The Morgan fingerprint density at radius 2 is 1.83 bits per heavy atom. The van der Waals surface area contributed by atoms with Crippen LogP contribution < -0.4 is 0 Å². The zero-order valence-electron chi connectivity index (χ0n) is 15.2. The molecule has 0 spiro atoms. The van der Waals surface area contributed by atoms with Gasteiger partial charge in [-0.3, -0.25) is 14.4 Å². The molecular weight excluding hydrogens is 308 g/mol. The first-order chi connectivity index (χ1) is 11.0. The Hall–Kier alpha value is -1.65. The molecule has 6 atom stereocenters. The van der Waals surface area contributed by atoms with Gasteiger partial charge in [0, 0.05) is 25.7 Å². The van der Waals surface area contributed by atoms with Crippen LogP contribution >= 0.6 is 0 Å². The highest BCUT2D eigenvalue weighted by Crippen LogP contribution is 2.66. The Morgan fingerprint density at radius 3 is 2.38 bits per heavy atom. The van der Waals surface area contributed by atoms with Crippen LogP contribution in [-0.2, 0) is 23.9 Å². The SMILES string of the molecule is CC(=O)O[C@H]1C(C)(C)[C@H]2[C@H]3C(C)=CC1(OC(C)=O)[C@@H]2C(=O)C[C@H]3C. The normalized spacial score (nSPS) is 42.3. The van der Waals surface area contributed by atoms with E-state index in [1.807, 2.05) is 26.8 Å². The van der Waals surface area contributed by atoms with Crippen LogP contribution in [0.1, 0.15) is 48.0 Å². The van der Waals surface area contributed by atoms with E-state index in [-0.39, 0.29) is 23.5 Å². The largest absolute Gasteiger partial charge is 0.457 e. The molecule has 0 aromatic heterocycles. The van der Waals surface area contributed by atoms with Crippen LogP contribution in [0.5, 0.6) is 0 Å². The number of hydrogen-bond donors (Lipinski definition) is 0. The summed E-state index contributed by atoms with van der Waals surface area (Å²) in [5, 5.41) is 0. The third kappa shape index (κ3) is 2.09. The lowest BCUT2D eigenvalue weighted by Crippen LogP contribution is -2.55. The van der Waals surface area contributed by atoms with E-state index in [0.29, 0.717) is 6.42 Å². The second-order valence-electron chi connectivity index (χ2n) is 8.32. The first-order valence-electron chi connectivity index (χ1n) is 8.61. The van der Waals surface area contributed by atoms with Gasteiger partial charge in [0.15, 0.2) is 11.7 Å². The summed E-state index contributed by atoms with van der Waals surface area (Å²) in [6, 6.07) is 0. The van der Waals surface area contributed by atoms with E-state index in [1.165, 1.54) is 13.8 Å². The second kappa shape index (κ2) is 5.17. The molecule has 0 amide bonds. The van der Waals surface area contributed by atoms with Gasteiger partial charge >= 0.3 is 11.9 Å². The Balaban J connectivity index is 2.25. The minimum absolute atomic E-state index is 0.00227. The number of allylic oxidation sites excluding steroid dienone is 1. The maximum atomic E-state index is 12.9. The molecule has 2 saturated carbocycles. The molecule has 0 aromatic carbocycles. The highest BCUT2D eigenvalue weighted by atomic mass is 16.6. The third-order valence-corrected chi connectivity index (χ3v) is 6.24. The van der Waals surface area contributed by atoms with Gasteiger partial charge in [-0.25, -0.2) is 0 Å². The zero-order valence-corrected chi connectivity index (χ0v) is 15.2. The molecular formula is C19H26O5. The van der Waals surface area contributed by atoms with E-state index < -0.39 is 35.0 Å². The van der Waals surface area contributed by atoms with E-state index in [0.717, 1.165) is 5.57 Å². The van der Waals surface area contributed by atoms with Crippen LogP contribution in [0, 0.1) is 29.1 Å². The maximum Gasteiger partial charge on any atom is 0.303 e. The predicted molar refractivity (Wildman–Crippen MR) is 86.8 cm³/mol. The third-order valence-electron chi connectivity index (χ3n) is 6.24. The molecule has 2 fully saturated rings. The van der Waals surface area contributed by atoms with Crippen LogP contribution in [-0.4, -0.2) is 29.4 Å². The van der Waals surface area contributed by atoms with E-state index in [2.05, 4.69) is 6.92 Å². The molecule has 5 heteroatoms. The fourth-order valence-corrected chi connectivity index (χ4v) is 5.83. The van der Waals surface area contributed by atoms with Crippen molar-refractivity contribution < 1.29 is 23.9 Å². The Morgan fingerprint density at radius 1 is 1.21 bits per heavy atom. The quantitative estimate of drug-likeness (QED) is 0.573. The van der Waals surface area contributed by atoms with Crippen molar-refractivity contribution in [3.8, 4) is 0 Å². The average molecular weight is 334 g/mol. The van der Waals surface area contributed by atoms with Crippen molar-refractivity contribution in [3.05, 3.63) is 11.6 Å². The minimum atomic E-state index is -1.18. The monoisotopic (exact) mass is 334 g/mol. The molecule has 0 N–H and O–H groups in total. The van der Waals surface area contributed by atoms with Crippen LogP contribution in [0.15, 0.2) is 11.6 Å². The first-order valence-corrected chi connectivity index (χ1v) is 8.61. The van der Waals surface area contributed by atoms with Crippen LogP contribution in [0.4, 0.5) is 0 Å². The molecule has 3 aliphatic carbocycles. The number of ether oxygens (including phenoxy) is 2. The van der Waals surface area contributed by atoms with Crippen LogP contribution in [0.3, 0.4) is 0 Å². The lowest BCUT2D eigenvalue weighted by Gasteiger charge is -2.48. The van der Waals surface area contributed by atoms with Gasteiger partial charge in [0.1, 0.15) is 5.78 Å². The summed E-state index contributed by atoms with van der Waals surface area (Å²) in [6.45, 7) is 10.9. The summed E-state index contributed by atoms with van der Waals surface area (Å²) in [6.07, 6.45) is 1.72. The van der Waals surface area contributed by atoms with Crippen molar-refractivity contribution in [2.45, 2.75) is 59.7 Å². The topological polar surface area (TPSA) is 69.7 Å². The van der Waals surface area contributed by atoms with E-state index in [1.54, 1.807) is 0 Å². The lowest BCUT2D eigenvalue weighted by molar-refractivity contribution is -0.184. The predicted octanol–water partition coefficient (Wildman–Crippen LogP) is 2.68. The highest BCUT2D eigenvalue weighted by molar-refractivity contribution is 5.87. The summed E-state index contributed by atoms with van der Waals surface area (Å²) < 4.78 is 11.4. The first kappa shape index (κ1) is 17.2. The molecule has 0 aliphatic heterocycles.